The highest BCUT2D eigenvalue weighted by Gasteiger charge is 2.32. The molecule has 2 aromatic carbocycles. The van der Waals surface area contributed by atoms with Crippen LogP contribution in [0.4, 0.5) is 5.00 Å². The molecular formula is C25H21N3O4S2. The second-order valence-electron chi connectivity index (χ2n) is 8.24. The maximum absolute atomic E-state index is 13.2. The van der Waals surface area contributed by atoms with Gasteiger partial charge in [0, 0.05) is 23.9 Å². The molecule has 2 aliphatic heterocycles. The number of amides is 2. The van der Waals surface area contributed by atoms with E-state index in [9.17, 15) is 9.59 Å². The van der Waals surface area contributed by atoms with Gasteiger partial charge >= 0.3 is 0 Å². The number of benzene rings is 2. The molecule has 2 aromatic heterocycles. The maximum atomic E-state index is 13.2. The van der Waals surface area contributed by atoms with Gasteiger partial charge in [-0.15, -0.1) is 22.7 Å². The van der Waals surface area contributed by atoms with Crippen LogP contribution in [0.25, 0.3) is 20.8 Å². The molecule has 0 radical (unpaired) electrons. The molecule has 0 fully saturated rings. The molecule has 2 amide bonds. The first kappa shape index (κ1) is 21.1. The van der Waals surface area contributed by atoms with E-state index >= 15 is 0 Å². The summed E-state index contributed by atoms with van der Waals surface area (Å²) in [5.41, 5.74) is 3.04. The Labute approximate surface area is 203 Å². The van der Waals surface area contributed by atoms with Crippen LogP contribution in [0.1, 0.15) is 17.4 Å². The van der Waals surface area contributed by atoms with Crippen LogP contribution in [0.5, 0.6) is 11.5 Å². The third kappa shape index (κ3) is 3.70. The lowest BCUT2D eigenvalue weighted by atomic mass is 10.0. The van der Waals surface area contributed by atoms with E-state index in [1.807, 2.05) is 41.3 Å². The van der Waals surface area contributed by atoms with Gasteiger partial charge in [-0.25, -0.2) is 4.98 Å². The van der Waals surface area contributed by atoms with Gasteiger partial charge in [-0.05, 0) is 36.2 Å². The van der Waals surface area contributed by atoms with Crippen LogP contribution in [0.15, 0.2) is 48.5 Å². The van der Waals surface area contributed by atoms with Crippen LogP contribution in [0.3, 0.4) is 0 Å². The van der Waals surface area contributed by atoms with Crippen LogP contribution < -0.4 is 14.8 Å². The lowest BCUT2D eigenvalue weighted by Crippen LogP contribution is -2.40. The molecule has 0 spiro atoms. The van der Waals surface area contributed by atoms with Crippen LogP contribution in [0, 0.1) is 0 Å². The van der Waals surface area contributed by atoms with Crippen molar-refractivity contribution in [2.45, 2.75) is 26.0 Å². The summed E-state index contributed by atoms with van der Waals surface area (Å²) in [6, 6.07) is 15.4. The van der Waals surface area contributed by atoms with Gasteiger partial charge in [0.1, 0.15) is 16.6 Å². The summed E-state index contributed by atoms with van der Waals surface area (Å²) in [6.45, 7) is 2.93. The Kier molecular flexibility index (Phi) is 5.23. The van der Waals surface area contributed by atoms with Gasteiger partial charge in [0.15, 0.2) is 11.5 Å². The fourth-order valence-corrected chi connectivity index (χ4v) is 6.68. The van der Waals surface area contributed by atoms with Gasteiger partial charge < -0.3 is 19.7 Å². The number of carbonyl (C=O) groups excluding carboxylic acids is 2. The zero-order chi connectivity index (χ0) is 23.2. The zero-order valence-corrected chi connectivity index (χ0v) is 20.0. The van der Waals surface area contributed by atoms with E-state index in [2.05, 4.69) is 11.4 Å². The summed E-state index contributed by atoms with van der Waals surface area (Å²) in [5, 5.41) is 4.70. The fourth-order valence-electron chi connectivity index (χ4n) is 4.31. The largest absolute Gasteiger partial charge is 0.485 e. The van der Waals surface area contributed by atoms with E-state index in [0.29, 0.717) is 24.6 Å². The monoisotopic (exact) mass is 491 g/mol. The van der Waals surface area contributed by atoms with Gasteiger partial charge in [0.25, 0.3) is 5.91 Å². The Bertz CT molecular complexity index is 1390. The third-order valence-corrected chi connectivity index (χ3v) is 8.23. The summed E-state index contributed by atoms with van der Waals surface area (Å²) < 4.78 is 12.7. The molecule has 0 saturated carbocycles. The number of thiazole rings is 1. The average Bonchev–Trinajstić information content (AvgIpc) is 3.43. The van der Waals surface area contributed by atoms with Gasteiger partial charge in [-0.1, -0.05) is 24.3 Å². The number of nitrogens with one attached hydrogen (secondary N) is 1. The molecule has 0 saturated heterocycles. The van der Waals surface area contributed by atoms with Crippen molar-refractivity contribution in [2.75, 3.05) is 18.5 Å². The minimum Gasteiger partial charge on any atom is -0.485 e. The number of para-hydroxylation sites is 3. The normalized spacial score (nSPS) is 16.9. The first-order chi connectivity index (χ1) is 16.6. The topological polar surface area (TPSA) is 80.8 Å². The number of ether oxygens (including phenoxy) is 2. The van der Waals surface area contributed by atoms with Crippen LogP contribution >= 0.6 is 22.7 Å². The Hall–Kier alpha value is -3.43. The van der Waals surface area contributed by atoms with Crippen molar-refractivity contribution in [2.24, 2.45) is 0 Å². The molecule has 34 heavy (non-hydrogen) atoms. The second kappa shape index (κ2) is 8.41. The Morgan fingerprint density at radius 3 is 2.71 bits per heavy atom. The summed E-state index contributed by atoms with van der Waals surface area (Å²) in [6.07, 6.45) is -0.0332. The van der Waals surface area contributed by atoms with E-state index in [1.54, 1.807) is 24.3 Å². The molecule has 7 nitrogen and oxygen atoms in total. The summed E-state index contributed by atoms with van der Waals surface area (Å²) in [7, 11) is 0. The maximum Gasteiger partial charge on any atom is 0.269 e. The number of hydrogen-bond acceptors (Lipinski definition) is 7. The lowest BCUT2D eigenvalue weighted by Gasteiger charge is -2.26. The molecule has 2 aliphatic rings. The minimum absolute atomic E-state index is 0.0533. The molecule has 1 N–H and O–H groups in total. The molecule has 0 bridgehead atoms. The SMILES string of the molecule is CC(=O)N1CCc2c(sc(NC(=O)[C@H]3COc4ccccc4O3)c2-c2nc3ccccc3s2)C1. The molecule has 6 rings (SSSR count). The number of hydrogen-bond donors (Lipinski definition) is 1. The number of anilines is 1. The molecule has 0 unspecified atom stereocenters. The Balaban J connectivity index is 1.36. The van der Waals surface area contributed by atoms with Crippen molar-refractivity contribution in [3.63, 3.8) is 0 Å². The van der Waals surface area contributed by atoms with E-state index < -0.39 is 6.10 Å². The van der Waals surface area contributed by atoms with Crippen molar-refractivity contribution in [3.8, 4) is 22.1 Å². The predicted octanol–water partition coefficient (Wildman–Crippen LogP) is 4.71. The van der Waals surface area contributed by atoms with Gasteiger partial charge in [-0.2, -0.15) is 0 Å². The molecule has 9 heteroatoms. The van der Waals surface area contributed by atoms with Gasteiger partial charge in [0.05, 0.1) is 16.8 Å². The second-order valence-corrected chi connectivity index (χ2v) is 10.4. The number of rotatable bonds is 3. The highest BCUT2D eigenvalue weighted by atomic mass is 32.1. The van der Waals surface area contributed by atoms with Crippen molar-refractivity contribution in [1.82, 2.24) is 9.88 Å². The first-order valence-corrected chi connectivity index (χ1v) is 12.7. The Morgan fingerprint density at radius 1 is 1.09 bits per heavy atom. The van der Waals surface area contributed by atoms with Crippen molar-refractivity contribution in [1.29, 1.82) is 0 Å². The highest BCUT2D eigenvalue weighted by molar-refractivity contribution is 7.22. The third-order valence-electron chi connectivity index (χ3n) is 6.05. The van der Waals surface area contributed by atoms with Gasteiger partial charge in [0.2, 0.25) is 12.0 Å². The summed E-state index contributed by atoms with van der Waals surface area (Å²) >= 11 is 3.12. The molecular weight excluding hydrogens is 470 g/mol. The molecule has 4 heterocycles. The van der Waals surface area contributed by atoms with Crippen molar-refractivity contribution in [3.05, 3.63) is 59.0 Å². The van der Waals surface area contributed by atoms with E-state index in [1.165, 1.54) is 11.3 Å². The van der Waals surface area contributed by atoms with E-state index in [4.69, 9.17) is 14.5 Å². The van der Waals surface area contributed by atoms with Crippen molar-refractivity contribution >= 4 is 49.7 Å². The lowest BCUT2D eigenvalue weighted by molar-refractivity contribution is -0.129. The zero-order valence-electron chi connectivity index (χ0n) is 18.4. The van der Waals surface area contributed by atoms with E-state index in [-0.39, 0.29) is 18.4 Å². The van der Waals surface area contributed by atoms with Crippen LogP contribution in [-0.2, 0) is 22.6 Å². The quantitative estimate of drug-likeness (QED) is 0.449. The van der Waals surface area contributed by atoms with Crippen molar-refractivity contribution < 1.29 is 19.1 Å². The number of fused-ring (bicyclic) bond motifs is 3. The predicted molar refractivity (Wildman–Crippen MR) is 133 cm³/mol. The van der Waals surface area contributed by atoms with E-state index in [0.717, 1.165) is 42.7 Å². The standard InChI is InChI=1S/C25H21N3O4S2/c1-14(29)28-11-10-15-21(12-28)34-25(22(15)24-26-16-6-2-5-9-20(16)33-24)27-23(30)19-13-31-17-7-3-4-8-18(17)32-19/h2-9,19H,10-13H2,1H3,(H,27,30)/t19-/m1/s1. The highest BCUT2D eigenvalue weighted by Crippen LogP contribution is 2.46. The number of carbonyl (C=O) groups is 2. The summed E-state index contributed by atoms with van der Waals surface area (Å²) in [5.74, 6) is 0.983. The smallest absolute Gasteiger partial charge is 0.269 e. The van der Waals surface area contributed by atoms with Gasteiger partial charge in [-0.3, -0.25) is 9.59 Å². The molecule has 4 aromatic rings. The number of thiophene rings is 1. The molecule has 172 valence electrons. The molecule has 1 atom stereocenters. The Morgan fingerprint density at radius 2 is 1.88 bits per heavy atom. The average molecular weight is 492 g/mol. The summed E-state index contributed by atoms with van der Waals surface area (Å²) in [4.78, 5) is 33.0. The minimum atomic E-state index is -0.758. The number of nitrogens with zero attached hydrogens (tertiary/aromatic N) is 2. The number of aromatic nitrogens is 1. The first-order valence-electron chi connectivity index (χ1n) is 11.0. The van der Waals surface area contributed by atoms with Crippen LogP contribution in [-0.4, -0.2) is 41.0 Å². The van der Waals surface area contributed by atoms with Crippen LogP contribution in [0.2, 0.25) is 0 Å². The fraction of sp³-hybridized carbons (Fsp3) is 0.240. The molecule has 0 aliphatic carbocycles.